The zero-order valence-electron chi connectivity index (χ0n) is 8.93. The fourth-order valence-corrected chi connectivity index (χ4v) is 1.02. The number of carboxylic acid groups (broad SMARTS) is 2. The topological polar surface area (TPSA) is 74.6 Å². The van der Waals surface area contributed by atoms with Gasteiger partial charge in [0.05, 0.1) is 0 Å². The number of carbonyl (C=O) groups is 2. The van der Waals surface area contributed by atoms with Gasteiger partial charge in [0.25, 0.3) is 0 Å². The van der Waals surface area contributed by atoms with E-state index in [9.17, 15) is 9.59 Å². The van der Waals surface area contributed by atoms with Crippen LogP contribution < -0.4 is 0 Å². The van der Waals surface area contributed by atoms with Crippen LogP contribution in [0.5, 0.6) is 0 Å². The molecule has 0 spiro atoms. The largest absolute Gasteiger partial charge is 0.478 e. The number of hydrogen-bond donors (Lipinski definition) is 2. The minimum absolute atomic E-state index is 0.235. The van der Waals surface area contributed by atoms with Gasteiger partial charge in [-0.15, -0.1) is 0 Å². The van der Waals surface area contributed by atoms with Crippen LogP contribution in [0.4, 0.5) is 0 Å². The minimum Gasteiger partial charge on any atom is -0.478 e. The van der Waals surface area contributed by atoms with Crippen molar-refractivity contribution in [3.05, 3.63) is 24.3 Å². The van der Waals surface area contributed by atoms with Crippen LogP contribution in [0.3, 0.4) is 0 Å². The van der Waals surface area contributed by atoms with Crippen molar-refractivity contribution in [3.63, 3.8) is 0 Å². The van der Waals surface area contributed by atoms with Gasteiger partial charge in [-0.2, -0.15) is 0 Å². The summed E-state index contributed by atoms with van der Waals surface area (Å²) in [5.41, 5.74) is -0.235. The van der Waals surface area contributed by atoms with Gasteiger partial charge < -0.3 is 10.2 Å². The predicted octanol–water partition coefficient (Wildman–Crippen LogP) is 2.07. The van der Waals surface area contributed by atoms with Gasteiger partial charge in [-0.3, -0.25) is 0 Å². The highest BCUT2D eigenvalue weighted by Gasteiger charge is 2.12. The van der Waals surface area contributed by atoms with Gasteiger partial charge in [-0.25, -0.2) is 9.59 Å². The second-order valence-electron chi connectivity index (χ2n) is 3.94. The molecule has 0 aromatic heterocycles. The molecule has 0 atom stereocenters. The Morgan fingerprint density at radius 3 is 2.13 bits per heavy atom. The Hall–Kier alpha value is -1.58. The highest BCUT2D eigenvalue weighted by molar-refractivity contribution is 5.80. The van der Waals surface area contributed by atoms with Crippen LogP contribution in [0.25, 0.3) is 0 Å². The van der Waals surface area contributed by atoms with Crippen molar-refractivity contribution >= 4 is 11.9 Å². The van der Waals surface area contributed by atoms with Crippen molar-refractivity contribution < 1.29 is 19.8 Å². The number of hydrogen-bond acceptors (Lipinski definition) is 2. The van der Waals surface area contributed by atoms with Crippen molar-refractivity contribution in [3.8, 4) is 0 Å². The molecule has 0 fully saturated rings. The molecule has 2 N–H and O–H groups in total. The third kappa shape index (κ3) is 8.74. The molecule has 4 heteroatoms. The number of aliphatic carboxylic acids is 2. The molecule has 0 aromatic carbocycles. The molecule has 0 aliphatic heterocycles. The number of allylic oxidation sites excluding steroid dienone is 2. The Balaban J connectivity index is 4.04. The van der Waals surface area contributed by atoms with Gasteiger partial charge in [-0.1, -0.05) is 26.0 Å². The molecular weight excluding hydrogens is 196 g/mol. The Labute approximate surface area is 88.9 Å². The van der Waals surface area contributed by atoms with E-state index >= 15 is 0 Å². The van der Waals surface area contributed by atoms with E-state index in [1.54, 1.807) is 12.2 Å². The zero-order chi connectivity index (χ0) is 11.9. The van der Waals surface area contributed by atoms with E-state index < -0.39 is 11.9 Å². The summed E-state index contributed by atoms with van der Waals surface area (Å²) in [6.45, 7) is 3.81. The van der Waals surface area contributed by atoms with Gasteiger partial charge in [0.1, 0.15) is 0 Å². The molecule has 0 aromatic rings. The van der Waals surface area contributed by atoms with Crippen LogP contribution in [0.15, 0.2) is 24.3 Å². The third-order valence-electron chi connectivity index (χ3n) is 1.89. The molecular formula is C11H16O4. The monoisotopic (exact) mass is 212 g/mol. The highest BCUT2D eigenvalue weighted by Crippen LogP contribution is 2.24. The van der Waals surface area contributed by atoms with E-state index in [0.717, 1.165) is 12.2 Å². The average molecular weight is 212 g/mol. The summed E-state index contributed by atoms with van der Waals surface area (Å²) in [5, 5.41) is 16.8. The van der Waals surface area contributed by atoms with Crippen LogP contribution in [0.1, 0.15) is 26.7 Å². The summed E-state index contributed by atoms with van der Waals surface area (Å²) < 4.78 is 0. The average Bonchev–Trinajstić information content (AvgIpc) is 2.09. The van der Waals surface area contributed by atoms with Crippen LogP contribution in [-0.4, -0.2) is 22.2 Å². The quantitative estimate of drug-likeness (QED) is 0.661. The molecule has 15 heavy (non-hydrogen) atoms. The summed E-state index contributed by atoms with van der Waals surface area (Å²) in [6, 6.07) is 0. The molecule has 0 saturated heterocycles. The summed E-state index contributed by atoms with van der Waals surface area (Å²) >= 11 is 0. The van der Waals surface area contributed by atoms with E-state index in [4.69, 9.17) is 10.2 Å². The first-order valence-electron chi connectivity index (χ1n) is 4.65. The van der Waals surface area contributed by atoms with E-state index in [1.165, 1.54) is 0 Å². The SMILES string of the molecule is CC(C)(/C=C/C(=O)O)CC/C=C/C(=O)O. The summed E-state index contributed by atoms with van der Waals surface area (Å²) in [5.74, 6) is -1.93. The first kappa shape index (κ1) is 13.4. The van der Waals surface area contributed by atoms with Crippen LogP contribution in [0.2, 0.25) is 0 Å². The van der Waals surface area contributed by atoms with Crippen molar-refractivity contribution in [2.24, 2.45) is 5.41 Å². The van der Waals surface area contributed by atoms with Gasteiger partial charge in [0.15, 0.2) is 0 Å². The Bertz CT molecular complexity index is 287. The lowest BCUT2D eigenvalue weighted by atomic mass is 9.87. The van der Waals surface area contributed by atoms with Crippen molar-refractivity contribution in [2.75, 3.05) is 0 Å². The fourth-order valence-electron chi connectivity index (χ4n) is 1.02. The first-order chi connectivity index (χ1) is 6.83. The Morgan fingerprint density at radius 1 is 1.13 bits per heavy atom. The highest BCUT2D eigenvalue weighted by atomic mass is 16.4. The maximum Gasteiger partial charge on any atom is 0.327 e. The summed E-state index contributed by atoms with van der Waals surface area (Å²) in [6.07, 6.45) is 6.71. The third-order valence-corrected chi connectivity index (χ3v) is 1.89. The molecule has 0 amide bonds. The molecule has 0 heterocycles. The van der Waals surface area contributed by atoms with Gasteiger partial charge in [-0.05, 0) is 18.3 Å². The lowest BCUT2D eigenvalue weighted by Crippen LogP contribution is -2.07. The van der Waals surface area contributed by atoms with Crippen molar-refractivity contribution in [1.82, 2.24) is 0 Å². The van der Waals surface area contributed by atoms with Crippen LogP contribution >= 0.6 is 0 Å². The normalized spacial score (nSPS) is 12.4. The van der Waals surface area contributed by atoms with Crippen molar-refractivity contribution in [2.45, 2.75) is 26.7 Å². The Morgan fingerprint density at radius 2 is 1.67 bits per heavy atom. The molecule has 4 nitrogen and oxygen atoms in total. The predicted molar refractivity (Wildman–Crippen MR) is 56.6 cm³/mol. The second-order valence-corrected chi connectivity index (χ2v) is 3.94. The van der Waals surface area contributed by atoms with E-state index in [2.05, 4.69) is 0 Å². The lowest BCUT2D eigenvalue weighted by Gasteiger charge is -2.18. The maximum absolute atomic E-state index is 10.3. The number of rotatable bonds is 6. The molecule has 0 saturated carbocycles. The Kier molecular flexibility index (Phi) is 5.37. The molecule has 0 radical (unpaired) electrons. The van der Waals surface area contributed by atoms with E-state index in [0.29, 0.717) is 12.8 Å². The molecule has 0 aliphatic rings. The second kappa shape index (κ2) is 6.01. The summed E-state index contributed by atoms with van der Waals surface area (Å²) in [4.78, 5) is 20.4. The van der Waals surface area contributed by atoms with Crippen LogP contribution in [0, 0.1) is 5.41 Å². The maximum atomic E-state index is 10.3. The summed E-state index contributed by atoms with van der Waals surface area (Å²) in [7, 11) is 0. The van der Waals surface area contributed by atoms with Gasteiger partial charge in [0.2, 0.25) is 0 Å². The smallest absolute Gasteiger partial charge is 0.327 e. The van der Waals surface area contributed by atoms with Crippen molar-refractivity contribution in [1.29, 1.82) is 0 Å². The molecule has 0 aliphatic carbocycles. The molecule has 84 valence electrons. The molecule has 0 unspecified atom stereocenters. The molecule has 0 rings (SSSR count). The van der Waals surface area contributed by atoms with Gasteiger partial charge >= 0.3 is 11.9 Å². The van der Waals surface area contributed by atoms with Crippen LogP contribution in [-0.2, 0) is 9.59 Å². The zero-order valence-corrected chi connectivity index (χ0v) is 8.93. The lowest BCUT2D eigenvalue weighted by molar-refractivity contribution is -0.132. The molecule has 0 bridgehead atoms. The van der Waals surface area contributed by atoms with E-state index in [1.807, 2.05) is 13.8 Å². The first-order valence-corrected chi connectivity index (χ1v) is 4.65. The fraction of sp³-hybridized carbons (Fsp3) is 0.455. The van der Waals surface area contributed by atoms with E-state index in [-0.39, 0.29) is 5.41 Å². The standard InChI is InChI=1S/C11H16O4/c1-11(2,8-6-10(14)15)7-4-3-5-9(12)13/h3,5-6,8H,4,7H2,1-2H3,(H,12,13)(H,14,15)/b5-3+,8-6+. The minimum atomic E-state index is -0.968. The number of carboxylic acids is 2. The van der Waals surface area contributed by atoms with Gasteiger partial charge in [0, 0.05) is 12.2 Å².